The average Bonchev–Trinajstić information content (AvgIpc) is 2.98. The first-order chi connectivity index (χ1) is 13.8. The largest absolute Gasteiger partial charge is 0.503 e. The van der Waals surface area contributed by atoms with Crippen molar-refractivity contribution in [1.29, 1.82) is 0 Å². The lowest BCUT2D eigenvalue weighted by atomic mass is 9.96. The molecule has 1 amide bonds. The van der Waals surface area contributed by atoms with Crippen molar-refractivity contribution >= 4 is 23.3 Å². The van der Waals surface area contributed by atoms with Crippen molar-refractivity contribution in [3.63, 3.8) is 0 Å². The molecule has 0 spiro atoms. The summed E-state index contributed by atoms with van der Waals surface area (Å²) in [6.07, 6.45) is 2.97. The first-order valence-electron chi connectivity index (χ1n) is 9.36. The number of rotatable bonds is 6. The molecule has 0 bridgehead atoms. The van der Waals surface area contributed by atoms with E-state index in [2.05, 4.69) is 4.98 Å². The maximum absolute atomic E-state index is 12.9. The molecule has 150 valence electrons. The number of hydrogen-bond donors (Lipinski definition) is 1. The molecule has 0 saturated heterocycles. The summed E-state index contributed by atoms with van der Waals surface area (Å²) in [5, 5.41) is 10.5. The second kappa shape index (κ2) is 8.26. The molecule has 7 heteroatoms. The number of aliphatic hydroxyl groups is 1. The second-order valence-corrected chi connectivity index (χ2v) is 6.91. The van der Waals surface area contributed by atoms with E-state index >= 15 is 0 Å². The summed E-state index contributed by atoms with van der Waals surface area (Å²) in [6, 6.07) is 8.95. The van der Waals surface area contributed by atoms with E-state index in [1.54, 1.807) is 63.5 Å². The highest BCUT2D eigenvalue weighted by Gasteiger charge is 2.44. The molecule has 0 fully saturated rings. The normalized spacial score (nSPS) is 16.5. The zero-order valence-electron chi connectivity index (χ0n) is 16.5. The Hall–Kier alpha value is -3.48. The predicted molar refractivity (Wildman–Crippen MR) is 106 cm³/mol. The van der Waals surface area contributed by atoms with Gasteiger partial charge in [0.1, 0.15) is 0 Å². The fraction of sp³-hybridized carbons (Fsp3) is 0.273. The van der Waals surface area contributed by atoms with Gasteiger partial charge in [-0.25, -0.2) is 4.79 Å². The number of esters is 1. The van der Waals surface area contributed by atoms with Gasteiger partial charge in [0.25, 0.3) is 5.91 Å². The van der Waals surface area contributed by atoms with Crippen LogP contribution in [0.5, 0.6) is 0 Å². The number of carbonyl (C=O) groups is 3. The Morgan fingerprint density at radius 1 is 1.24 bits per heavy atom. The van der Waals surface area contributed by atoms with Gasteiger partial charge in [-0.3, -0.25) is 19.5 Å². The summed E-state index contributed by atoms with van der Waals surface area (Å²) in [5.74, 6) is -2.14. The molecular weight excluding hydrogens is 372 g/mol. The van der Waals surface area contributed by atoms with E-state index in [-0.39, 0.29) is 29.4 Å². The molecule has 1 aliphatic heterocycles. The molecule has 1 unspecified atom stereocenters. The second-order valence-electron chi connectivity index (χ2n) is 6.91. The number of amides is 1. The van der Waals surface area contributed by atoms with Crippen molar-refractivity contribution in [3.05, 3.63) is 71.3 Å². The standard InChI is InChI=1S/C22H22N2O5/c1-4-17(25)18-19(15-8-6-10-23-12-15)24(21(27)20(18)26)16-9-5-7-14(11-16)22(28)29-13(2)3/h5-13,19,26H,4H2,1-3H3. The highest BCUT2D eigenvalue weighted by Crippen LogP contribution is 2.41. The number of ether oxygens (including phenoxy) is 1. The Morgan fingerprint density at radius 3 is 2.62 bits per heavy atom. The number of anilines is 1. The summed E-state index contributed by atoms with van der Waals surface area (Å²) in [7, 11) is 0. The van der Waals surface area contributed by atoms with E-state index in [0.717, 1.165) is 0 Å². The molecule has 0 aliphatic carbocycles. The molecule has 0 saturated carbocycles. The number of aromatic nitrogens is 1. The Balaban J connectivity index is 2.10. The molecule has 2 aromatic rings. The number of aliphatic hydroxyl groups excluding tert-OH is 1. The Morgan fingerprint density at radius 2 is 2.00 bits per heavy atom. The van der Waals surface area contributed by atoms with Crippen LogP contribution in [0.3, 0.4) is 0 Å². The molecule has 1 atom stereocenters. The van der Waals surface area contributed by atoms with Crippen LogP contribution in [-0.2, 0) is 14.3 Å². The molecule has 1 aromatic heterocycles. The Bertz CT molecular complexity index is 982. The van der Waals surface area contributed by atoms with Crippen LogP contribution in [-0.4, -0.2) is 33.9 Å². The zero-order chi connectivity index (χ0) is 21.1. The third-order valence-corrected chi connectivity index (χ3v) is 4.53. The first-order valence-corrected chi connectivity index (χ1v) is 9.36. The molecule has 7 nitrogen and oxygen atoms in total. The lowest BCUT2D eigenvalue weighted by Gasteiger charge is -2.27. The third kappa shape index (κ3) is 3.89. The van der Waals surface area contributed by atoms with Crippen molar-refractivity contribution < 1.29 is 24.2 Å². The van der Waals surface area contributed by atoms with Gasteiger partial charge in [0.05, 0.1) is 23.3 Å². The summed E-state index contributed by atoms with van der Waals surface area (Å²) in [4.78, 5) is 43.1. The van der Waals surface area contributed by atoms with Crippen LogP contribution in [0.25, 0.3) is 0 Å². The zero-order valence-corrected chi connectivity index (χ0v) is 16.5. The molecule has 2 heterocycles. The van der Waals surface area contributed by atoms with Crippen molar-refractivity contribution in [3.8, 4) is 0 Å². The van der Waals surface area contributed by atoms with E-state index in [1.807, 2.05) is 0 Å². The van der Waals surface area contributed by atoms with Crippen molar-refractivity contribution in [2.45, 2.75) is 39.3 Å². The minimum absolute atomic E-state index is 0.0284. The topological polar surface area (TPSA) is 96.8 Å². The number of benzene rings is 1. The maximum atomic E-state index is 12.9. The Kier molecular flexibility index (Phi) is 5.77. The van der Waals surface area contributed by atoms with Crippen LogP contribution in [0.15, 0.2) is 60.1 Å². The van der Waals surface area contributed by atoms with Crippen molar-refractivity contribution in [1.82, 2.24) is 4.98 Å². The highest BCUT2D eigenvalue weighted by molar-refractivity contribution is 6.16. The third-order valence-electron chi connectivity index (χ3n) is 4.53. The van der Waals surface area contributed by atoms with Crippen molar-refractivity contribution in [2.75, 3.05) is 4.90 Å². The summed E-state index contributed by atoms with van der Waals surface area (Å²) in [5.41, 5.74) is 1.24. The van der Waals surface area contributed by atoms with Crippen LogP contribution < -0.4 is 4.90 Å². The van der Waals surface area contributed by atoms with Crippen LogP contribution in [0.1, 0.15) is 49.2 Å². The van der Waals surface area contributed by atoms with Gasteiger partial charge in [-0.05, 0) is 43.7 Å². The van der Waals surface area contributed by atoms with E-state index in [0.29, 0.717) is 11.3 Å². The minimum Gasteiger partial charge on any atom is -0.503 e. The molecule has 29 heavy (non-hydrogen) atoms. The lowest BCUT2D eigenvalue weighted by molar-refractivity contribution is -0.118. The molecule has 0 radical (unpaired) electrons. The van der Waals surface area contributed by atoms with Crippen LogP contribution in [0.2, 0.25) is 0 Å². The van der Waals surface area contributed by atoms with Crippen molar-refractivity contribution in [2.24, 2.45) is 0 Å². The van der Waals surface area contributed by atoms with E-state index in [4.69, 9.17) is 4.74 Å². The number of carbonyl (C=O) groups excluding carboxylic acids is 3. The van der Waals surface area contributed by atoms with Crippen LogP contribution >= 0.6 is 0 Å². The predicted octanol–water partition coefficient (Wildman–Crippen LogP) is 3.53. The Labute approximate surface area is 168 Å². The van der Waals surface area contributed by atoms with Crippen LogP contribution in [0, 0.1) is 0 Å². The van der Waals surface area contributed by atoms with Gasteiger partial charge in [0.15, 0.2) is 11.5 Å². The number of ketones is 1. The van der Waals surface area contributed by atoms with E-state index < -0.39 is 23.7 Å². The van der Waals surface area contributed by atoms with Gasteiger partial charge in [0, 0.05) is 24.5 Å². The minimum atomic E-state index is -0.833. The molecule has 1 aromatic carbocycles. The average molecular weight is 394 g/mol. The van der Waals surface area contributed by atoms with Crippen LogP contribution in [0.4, 0.5) is 5.69 Å². The molecular formula is C22H22N2O5. The lowest BCUT2D eigenvalue weighted by Crippen LogP contribution is -2.31. The number of nitrogens with zero attached hydrogens (tertiary/aromatic N) is 2. The van der Waals surface area contributed by atoms with Gasteiger partial charge in [-0.2, -0.15) is 0 Å². The molecule has 3 rings (SSSR count). The maximum Gasteiger partial charge on any atom is 0.338 e. The van der Waals surface area contributed by atoms with Gasteiger partial charge in [-0.1, -0.05) is 19.1 Å². The number of Topliss-reactive ketones (excluding diaryl/α,β-unsaturated/α-hetero) is 1. The smallest absolute Gasteiger partial charge is 0.338 e. The molecule has 1 N–H and O–H groups in total. The molecule has 1 aliphatic rings. The fourth-order valence-corrected chi connectivity index (χ4v) is 3.26. The number of hydrogen-bond acceptors (Lipinski definition) is 6. The fourth-order valence-electron chi connectivity index (χ4n) is 3.26. The summed E-state index contributed by atoms with van der Waals surface area (Å²) in [6.45, 7) is 5.15. The summed E-state index contributed by atoms with van der Waals surface area (Å²) < 4.78 is 5.22. The van der Waals surface area contributed by atoms with Gasteiger partial charge in [-0.15, -0.1) is 0 Å². The monoisotopic (exact) mass is 394 g/mol. The van der Waals surface area contributed by atoms with E-state index in [9.17, 15) is 19.5 Å². The van der Waals surface area contributed by atoms with Gasteiger partial charge >= 0.3 is 5.97 Å². The van der Waals surface area contributed by atoms with Gasteiger partial charge < -0.3 is 9.84 Å². The van der Waals surface area contributed by atoms with Gasteiger partial charge in [0.2, 0.25) is 0 Å². The summed E-state index contributed by atoms with van der Waals surface area (Å²) >= 11 is 0. The number of pyridine rings is 1. The first kappa shape index (κ1) is 20.3. The van der Waals surface area contributed by atoms with E-state index in [1.165, 1.54) is 11.0 Å². The highest BCUT2D eigenvalue weighted by atomic mass is 16.5. The SMILES string of the molecule is CCC(=O)C1=C(O)C(=O)N(c2cccc(C(=O)OC(C)C)c2)C1c1cccnc1. The quantitative estimate of drug-likeness (QED) is 0.753.